The number of rotatable bonds is 1. The SMILES string of the molecule is Fc1cnc(Cl)c(I)c1C(F)F. The molecule has 0 N–H and O–H groups in total. The average Bonchev–Trinajstić information content (AvgIpc) is 1.97. The molecule has 0 amide bonds. The highest BCUT2D eigenvalue weighted by Crippen LogP contribution is 2.30. The molecule has 0 aromatic carbocycles. The van der Waals surface area contributed by atoms with Gasteiger partial charge in [-0.1, -0.05) is 11.6 Å². The molecule has 0 radical (unpaired) electrons. The first-order valence-corrected chi connectivity index (χ1v) is 4.27. The average molecular weight is 307 g/mol. The van der Waals surface area contributed by atoms with Gasteiger partial charge >= 0.3 is 0 Å². The lowest BCUT2D eigenvalue weighted by Crippen LogP contribution is -1.97. The molecule has 1 heterocycles. The molecule has 0 unspecified atom stereocenters. The minimum absolute atomic E-state index is 0.0377. The number of alkyl halides is 2. The van der Waals surface area contributed by atoms with Gasteiger partial charge in [-0.2, -0.15) is 0 Å². The van der Waals surface area contributed by atoms with Crippen LogP contribution in [0.2, 0.25) is 5.15 Å². The van der Waals surface area contributed by atoms with Gasteiger partial charge in [0.05, 0.1) is 15.3 Å². The van der Waals surface area contributed by atoms with E-state index >= 15 is 0 Å². The molecule has 0 atom stereocenters. The topological polar surface area (TPSA) is 12.9 Å². The maximum Gasteiger partial charge on any atom is 0.267 e. The van der Waals surface area contributed by atoms with E-state index in [1.165, 1.54) is 22.6 Å². The Labute approximate surface area is 85.1 Å². The van der Waals surface area contributed by atoms with Crippen molar-refractivity contribution in [2.45, 2.75) is 6.43 Å². The van der Waals surface area contributed by atoms with Crippen LogP contribution >= 0.6 is 34.2 Å². The Morgan fingerprint density at radius 3 is 2.50 bits per heavy atom. The number of pyridine rings is 1. The van der Waals surface area contributed by atoms with Crippen LogP contribution in [0.4, 0.5) is 13.2 Å². The second-order valence-electron chi connectivity index (χ2n) is 1.93. The minimum Gasteiger partial charge on any atom is -0.240 e. The highest BCUT2D eigenvalue weighted by Gasteiger charge is 2.19. The molecule has 0 saturated carbocycles. The molecule has 12 heavy (non-hydrogen) atoms. The van der Waals surface area contributed by atoms with Crippen LogP contribution in [0.1, 0.15) is 12.0 Å². The minimum atomic E-state index is -2.86. The van der Waals surface area contributed by atoms with Gasteiger partial charge in [-0.05, 0) is 22.6 Å². The van der Waals surface area contributed by atoms with Gasteiger partial charge in [-0.15, -0.1) is 0 Å². The number of hydrogen-bond acceptors (Lipinski definition) is 1. The van der Waals surface area contributed by atoms with Crippen LogP contribution in [0.15, 0.2) is 6.20 Å². The van der Waals surface area contributed by atoms with Gasteiger partial charge in [0.1, 0.15) is 5.15 Å². The predicted octanol–water partition coefficient (Wildman–Crippen LogP) is 3.42. The normalized spacial score (nSPS) is 10.8. The summed E-state index contributed by atoms with van der Waals surface area (Å²) in [4.78, 5) is 3.37. The molecule has 0 fully saturated rings. The smallest absolute Gasteiger partial charge is 0.240 e. The van der Waals surface area contributed by atoms with Gasteiger partial charge in [-0.25, -0.2) is 18.2 Å². The van der Waals surface area contributed by atoms with Crippen molar-refractivity contribution in [1.29, 1.82) is 0 Å². The third-order valence-corrected chi connectivity index (χ3v) is 2.88. The first-order chi connectivity index (χ1) is 5.54. The van der Waals surface area contributed by atoms with Crippen molar-refractivity contribution < 1.29 is 13.2 Å². The summed E-state index contributed by atoms with van der Waals surface area (Å²) in [6, 6.07) is 0. The van der Waals surface area contributed by atoms with E-state index in [0.717, 1.165) is 0 Å². The number of aromatic nitrogens is 1. The van der Waals surface area contributed by atoms with Crippen LogP contribution in [0.25, 0.3) is 0 Å². The van der Waals surface area contributed by atoms with E-state index in [9.17, 15) is 13.2 Å². The Hall–Kier alpha value is -0.0400. The first-order valence-electron chi connectivity index (χ1n) is 2.81. The van der Waals surface area contributed by atoms with Crippen LogP contribution in [0, 0.1) is 9.39 Å². The van der Waals surface area contributed by atoms with E-state index in [1.807, 2.05) is 0 Å². The van der Waals surface area contributed by atoms with Gasteiger partial charge in [0.25, 0.3) is 6.43 Å². The van der Waals surface area contributed by atoms with Crippen molar-refractivity contribution in [2.75, 3.05) is 0 Å². The van der Waals surface area contributed by atoms with Crippen LogP contribution in [-0.2, 0) is 0 Å². The molecule has 1 aromatic rings. The maximum absolute atomic E-state index is 12.7. The predicted molar refractivity (Wildman–Crippen MR) is 46.9 cm³/mol. The van der Waals surface area contributed by atoms with Crippen molar-refractivity contribution >= 4 is 34.2 Å². The zero-order valence-corrected chi connectivity index (χ0v) is 8.41. The fraction of sp³-hybridized carbons (Fsp3) is 0.167. The van der Waals surface area contributed by atoms with Crippen molar-refractivity contribution in [3.05, 3.63) is 26.3 Å². The summed E-state index contributed by atoms with van der Waals surface area (Å²) >= 11 is 6.94. The van der Waals surface area contributed by atoms with Crippen molar-refractivity contribution in [3.8, 4) is 0 Å². The van der Waals surface area contributed by atoms with Crippen molar-refractivity contribution in [1.82, 2.24) is 4.98 Å². The van der Waals surface area contributed by atoms with E-state index < -0.39 is 17.8 Å². The molecule has 0 bridgehead atoms. The van der Waals surface area contributed by atoms with Crippen LogP contribution in [0.3, 0.4) is 0 Å². The Bertz CT molecular complexity index is 305. The first kappa shape index (κ1) is 10.0. The second kappa shape index (κ2) is 3.78. The summed E-state index contributed by atoms with van der Waals surface area (Å²) < 4.78 is 36.9. The molecule has 0 spiro atoms. The monoisotopic (exact) mass is 307 g/mol. The zero-order chi connectivity index (χ0) is 9.30. The van der Waals surface area contributed by atoms with Crippen LogP contribution in [0.5, 0.6) is 0 Å². The summed E-state index contributed by atoms with van der Waals surface area (Å²) in [7, 11) is 0. The van der Waals surface area contributed by atoms with Crippen molar-refractivity contribution in [3.63, 3.8) is 0 Å². The number of nitrogens with zero attached hydrogens (tertiary/aromatic N) is 1. The second-order valence-corrected chi connectivity index (χ2v) is 3.36. The fourth-order valence-electron chi connectivity index (χ4n) is 0.656. The molecule has 1 rings (SSSR count). The molecule has 66 valence electrons. The van der Waals surface area contributed by atoms with Gasteiger partial charge in [0, 0.05) is 0 Å². The fourth-order valence-corrected chi connectivity index (χ4v) is 1.44. The molecule has 0 aliphatic heterocycles. The van der Waals surface area contributed by atoms with Gasteiger partial charge < -0.3 is 0 Å². The highest BCUT2D eigenvalue weighted by atomic mass is 127. The summed E-state index contributed by atoms with van der Waals surface area (Å²) in [5, 5.41) is -0.104. The molecule has 1 aromatic heterocycles. The Morgan fingerprint density at radius 2 is 2.08 bits per heavy atom. The molecule has 6 heteroatoms. The van der Waals surface area contributed by atoms with Crippen molar-refractivity contribution in [2.24, 2.45) is 0 Å². The summed E-state index contributed by atoms with van der Waals surface area (Å²) in [5.41, 5.74) is -0.685. The zero-order valence-electron chi connectivity index (χ0n) is 5.49. The number of halogens is 5. The lowest BCUT2D eigenvalue weighted by atomic mass is 10.3. The van der Waals surface area contributed by atoms with Gasteiger partial charge in [0.15, 0.2) is 5.82 Å². The molecule has 1 nitrogen and oxygen atoms in total. The maximum atomic E-state index is 12.7. The number of hydrogen-bond donors (Lipinski definition) is 0. The highest BCUT2D eigenvalue weighted by molar-refractivity contribution is 14.1. The molecule has 0 saturated heterocycles. The van der Waals surface area contributed by atoms with Crippen LogP contribution in [-0.4, -0.2) is 4.98 Å². The van der Waals surface area contributed by atoms with E-state index in [2.05, 4.69) is 4.98 Å². The quantitative estimate of drug-likeness (QED) is 0.572. The van der Waals surface area contributed by atoms with E-state index in [4.69, 9.17) is 11.6 Å². The molecular formula is C6H2ClF3IN. The van der Waals surface area contributed by atoms with E-state index in [1.54, 1.807) is 0 Å². The van der Waals surface area contributed by atoms with Gasteiger partial charge in [-0.3, -0.25) is 0 Å². The molecular weight excluding hydrogens is 305 g/mol. The summed E-state index contributed by atoms with van der Waals surface area (Å²) in [6.07, 6.45) is -2.18. The summed E-state index contributed by atoms with van der Waals surface area (Å²) in [5.74, 6) is -1.03. The Kier molecular flexibility index (Phi) is 3.16. The van der Waals surface area contributed by atoms with E-state index in [0.29, 0.717) is 6.20 Å². The molecule has 0 aliphatic rings. The largest absolute Gasteiger partial charge is 0.267 e. The van der Waals surface area contributed by atoms with Crippen LogP contribution < -0.4 is 0 Å². The van der Waals surface area contributed by atoms with E-state index in [-0.39, 0.29) is 8.72 Å². The van der Waals surface area contributed by atoms with Gasteiger partial charge in [0.2, 0.25) is 0 Å². The Balaban J connectivity index is 3.33. The third-order valence-electron chi connectivity index (χ3n) is 1.18. The molecule has 0 aliphatic carbocycles. The standard InChI is InChI=1S/C6H2ClF3IN/c7-5-4(11)3(6(9)10)2(8)1-12-5/h1,6H. The summed E-state index contributed by atoms with van der Waals surface area (Å²) in [6.45, 7) is 0. The lowest BCUT2D eigenvalue weighted by molar-refractivity contribution is 0.145. The Morgan fingerprint density at radius 1 is 1.50 bits per heavy atom. The third kappa shape index (κ3) is 1.82. The lowest BCUT2D eigenvalue weighted by Gasteiger charge is -2.04.